The minimum atomic E-state index is -4.12. The molecule has 0 spiro atoms. The lowest BCUT2D eigenvalue weighted by Crippen LogP contribution is -2.38. The normalized spacial score (nSPS) is 11.5. The molecule has 0 atom stereocenters. The lowest BCUT2D eigenvalue weighted by molar-refractivity contribution is -0.116. The Morgan fingerprint density at radius 2 is 1.70 bits per heavy atom. The third-order valence-corrected chi connectivity index (χ3v) is 7.53. The standard InChI is InChI=1S/C24H24BrClN2O4S/c1-16-11-19(25)12-17(2)24(16)27-23(29)15-28(14-18-7-5-4-6-8-18)33(30,31)22-13-20(26)9-10-21(22)32-3/h4-13H,14-15H2,1-3H3,(H,27,29). The van der Waals surface area contributed by atoms with Crippen molar-refractivity contribution < 1.29 is 17.9 Å². The fourth-order valence-corrected chi connectivity index (χ4v) is 5.94. The van der Waals surface area contributed by atoms with Gasteiger partial charge in [-0.05, 0) is 60.9 Å². The van der Waals surface area contributed by atoms with E-state index < -0.39 is 15.9 Å². The van der Waals surface area contributed by atoms with Crippen LogP contribution in [-0.4, -0.2) is 32.3 Å². The highest BCUT2D eigenvalue weighted by atomic mass is 79.9. The number of carbonyl (C=O) groups excluding carboxylic acids is 1. The fourth-order valence-electron chi connectivity index (χ4n) is 3.45. The molecule has 0 bridgehead atoms. The molecule has 3 aromatic carbocycles. The molecule has 3 aromatic rings. The molecule has 1 N–H and O–H groups in total. The van der Waals surface area contributed by atoms with Gasteiger partial charge in [0.2, 0.25) is 15.9 Å². The summed E-state index contributed by atoms with van der Waals surface area (Å²) in [6.07, 6.45) is 0. The monoisotopic (exact) mass is 550 g/mol. The zero-order chi connectivity index (χ0) is 24.2. The van der Waals surface area contributed by atoms with Crippen molar-refractivity contribution in [2.24, 2.45) is 0 Å². The molecular weight excluding hydrogens is 528 g/mol. The summed E-state index contributed by atoms with van der Waals surface area (Å²) in [7, 11) is -2.74. The van der Waals surface area contributed by atoms with Gasteiger partial charge in [0.05, 0.1) is 13.7 Å². The first-order valence-corrected chi connectivity index (χ1v) is 12.7. The van der Waals surface area contributed by atoms with Crippen LogP contribution in [0.2, 0.25) is 5.02 Å². The van der Waals surface area contributed by atoms with Crippen LogP contribution in [-0.2, 0) is 21.4 Å². The van der Waals surface area contributed by atoms with Crippen molar-refractivity contribution in [3.63, 3.8) is 0 Å². The number of aryl methyl sites for hydroxylation is 2. The van der Waals surface area contributed by atoms with E-state index >= 15 is 0 Å². The number of hydrogen-bond donors (Lipinski definition) is 1. The van der Waals surface area contributed by atoms with E-state index in [-0.39, 0.29) is 28.8 Å². The maximum Gasteiger partial charge on any atom is 0.247 e. The van der Waals surface area contributed by atoms with Gasteiger partial charge in [0.25, 0.3) is 0 Å². The second-order valence-electron chi connectivity index (χ2n) is 7.52. The van der Waals surface area contributed by atoms with Gasteiger partial charge in [-0.2, -0.15) is 4.31 Å². The number of amides is 1. The number of anilines is 1. The van der Waals surface area contributed by atoms with Crippen molar-refractivity contribution in [3.8, 4) is 5.75 Å². The van der Waals surface area contributed by atoms with Crippen LogP contribution in [0.4, 0.5) is 5.69 Å². The van der Waals surface area contributed by atoms with E-state index in [4.69, 9.17) is 16.3 Å². The van der Waals surface area contributed by atoms with Crippen LogP contribution in [0.25, 0.3) is 0 Å². The van der Waals surface area contributed by atoms with Gasteiger partial charge < -0.3 is 10.1 Å². The van der Waals surface area contributed by atoms with Crippen molar-refractivity contribution in [2.75, 3.05) is 19.0 Å². The quantitative estimate of drug-likeness (QED) is 0.398. The summed E-state index contributed by atoms with van der Waals surface area (Å²) < 4.78 is 34.6. The summed E-state index contributed by atoms with van der Waals surface area (Å²) >= 11 is 9.52. The number of halogens is 2. The van der Waals surface area contributed by atoms with Crippen LogP contribution < -0.4 is 10.1 Å². The van der Waals surface area contributed by atoms with E-state index in [9.17, 15) is 13.2 Å². The molecule has 33 heavy (non-hydrogen) atoms. The SMILES string of the molecule is COc1ccc(Cl)cc1S(=O)(=O)N(CC(=O)Nc1c(C)cc(Br)cc1C)Cc1ccccc1. The number of methoxy groups -OCH3 is 1. The minimum absolute atomic E-state index is 0.00453. The maximum atomic E-state index is 13.6. The number of hydrogen-bond acceptors (Lipinski definition) is 4. The Bertz CT molecular complexity index is 1240. The first-order chi connectivity index (χ1) is 15.6. The van der Waals surface area contributed by atoms with Crippen molar-refractivity contribution >= 4 is 49.1 Å². The number of nitrogens with zero attached hydrogens (tertiary/aromatic N) is 1. The predicted octanol–water partition coefficient (Wildman–Crippen LogP) is 5.56. The average Bonchev–Trinajstić information content (AvgIpc) is 2.76. The number of nitrogens with one attached hydrogen (secondary N) is 1. The van der Waals surface area contributed by atoms with Gasteiger partial charge in [0.15, 0.2) is 0 Å². The first-order valence-electron chi connectivity index (χ1n) is 10.1. The van der Waals surface area contributed by atoms with Crippen LogP contribution in [0, 0.1) is 13.8 Å². The van der Waals surface area contributed by atoms with Crippen LogP contribution in [0.15, 0.2) is 70.0 Å². The second kappa shape index (κ2) is 10.7. The van der Waals surface area contributed by atoms with Gasteiger partial charge in [0, 0.05) is 21.7 Å². The predicted molar refractivity (Wildman–Crippen MR) is 134 cm³/mol. The molecule has 0 aliphatic carbocycles. The molecule has 0 unspecified atom stereocenters. The molecule has 6 nitrogen and oxygen atoms in total. The summed E-state index contributed by atoms with van der Waals surface area (Å²) in [4.78, 5) is 12.9. The van der Waals surface area contributed by atoms with Crippen molar-refractivity contribution in [3.05, 3.63) is 86.8 Å². The number of carbonyl (C=O) groups is 1. The van der Waals surface area contributed by atoms with E-state index in [1.165, 1.54) is 19.2 Å². The first kappa shape index (κ1) is 25.2. The molecule has 0 saturated heterocycles. The van der Waals surface area contributed by atoms with E-state index in [1.807, 2.05) is 44.2 Å². The van der Waals surface area contributed by atoms with E-state index in [2.05, 4.69) is 21.2 Å². The zero-order valence-corrected chi connectivity index (χ0v) is 21.6. The molecule has 174 valence electrons. The summed E-state index contributed by atoms with van der Waals surface area (Å²) in [5, 5.41) is 3.11. The third kappa shape index (κ3) is 6.14. The van der Waals surface area contributed by atoms with Crippen molar-refractivity contribution in [2.45, 2.75) is 25.3 Å². The van der Waals surface area contributed by atoms with Crippen LogP contribution in [0.3, 0.4) is 0 Å². The van der Waals surface area contributed by atoms with Crippen LogP contribution >= 0.6 is 27.5 Å². The Hall–Kier alpha value is -2.39. The highest BCUT2D eigenvalue weighted by molar-refractivity contribution is 9.10. The van der Waals surface area contributed by atoms with Crippen molar-refractivity contribution in [1.29, 1.82) is 0 Å². The lowest BCUT2D eigenvalue weighted by atomic mass is 10.1. The Balaban J connectivity index is 1.97. The number of ether oxygens (including phenoxy) is 1. The summed E-state index contributed by atoms with van der Waals surface area (Å²) in [5.41, 5.74) is 3.12. The number of benzene rings is 3. The molecule has 0 fully saturated rings. The smallest absolute Gasteiger partial charge is 0.247 e. The summed E-state index contributed by atoms with van der Waals surface area (Å²) in [6, 6.07) is 17.2. The Labute approximate surface area is 207 Å². The highest BCUT2D eigenvalue weighted by Crippen LogP contribution is 2.31. The minimum Gasteiger partial charge on any atom is -0.495 e. The molecule has 1 amide bonds. The molecule has 0 heterocycles. The molecule has 0 aliphatic rings. The maximum absolute atomic E-state index is 13.6. The van der Waals surface area contributed by atoms with Gasteiger partial charge in [0.1, 0.15) is 10.6 Å². The number of rotatable bonds is 8. The topological polar surface area (TPSA) is 75.7 Å². The van der Waals surface area contributed by atoms with Gasteiger partial charge in [-0.25, -0.2) is 8.42 Å². The van der Waals surface area contributed by atoms with Crippen LogP contribution in [0.1, 0.15) is 16.7 Å². The zero-order valence-electron chi connectivity index (χ0n) is 18.4. The molecular formula is C24H24BrClN2O4S. The largest absolute Gasteiger partial charge is 0.495 e. The Morgan fingerprint density at radius 3 is 2.30 bits per heavy atom. The highest BCUT2D eigenvalue weighted by Gasteiger charge is 2.30. The van der Waals surface area contributed by atoms with E-state index in [0.29, 0.717) is 5.69 Å². The molecule has 0 aliphatic heterocycles. The van der Waals surface area contributed by atoms with E-state index in [1.54, 1.807) is 18.2 Å². The van der Waals surface area contributed by atoms with Crippen molar-refractivity contribution in [1.82, 2.24) is 4.31 Å². The molecule has 3 rings (SSSR count). The third-order valence-electron chi connectivity index (χ3n) is 5.03. The molecule has 0 radical (unpaired) electrons. The van der Waals surface area contributed by atoms with Gasteiger partial charge in [-0.15, -0.1) is 0 Å². The van der Waals surface area contributed by atoms with E-state index in [0.717, 1.165) is 25.5 Å². The van der Waals surface area contributed by atoms with Gasteiger partial charge in [-0.1, -0.05) is 57.9 Å². The summed E-state index contributed by atoms with van der Waals surface area (Å²) in [6.45, 7) is 3.37. The Morgan fingerprint density at radius 1 is 1.06 bits per heavy atom. The number of sulfonamides is 1. The van der Waals surface area contributed by atoms with Gasteiger partial charge in [-0.3, -0.25) is 4.79 Å². The average molecular weight is 552 g/mol. The molecule has 9 heteroatoms. The summed E-state index contributed by atoms with van der Waals surface area (Å²) in [5.74, 6) is -0.304. The molecule has 0 saturated carbocycles. The second-order valence-corrected chi connectivity index (χ2v) is 10.8. The molecule has 0 aromatic heterocycles. The van der Waals surface area contributed by atoms with Gasteiger partial charge >= 0.3 is 0 Å². The van der Waals surface area contributed by atoms with Crippen LogP contribution in [0.5, 0.6) is 5.75 Å². The fraction of sp³-hybridized carbons (Fsp3) is 0.208. The Kier molecular flexibility index (Phi) is 8.18. The lowest BCUT2D eigenvalue weighted by Gasteiger charge is -2.23.